The van der Waals surface area contributed by atoms with Crippen molar-refractivity contribution in [1.82, 2.24) is 15.1 Å². The van der Waals surface area contributed by atoms with Crippen molar-refractivity contribution in [2.45, 2.75) is 19.9 Å². The van der Waals surface area contributed by atoms with E-state index in [1.54, 1.807) is 23.2 Å². The Labute approximate surface area is 169 Å². The Morgan fingerprint density at radius 3 is 2.55 bits per heavy atom. The average Bonchev–Trinajstić information content (AvgIpc) is 3.35. The van der Waals surface area contributed by atoms with Crippen LogP contribution in [-0.2, 0) is 13.0 Å². The van der Waals surface area contributed by atoms with Gasteiger partial charge in [0.25, 0.3) is 5.91 Å². The summed E-state index contributed by atoms with van der Waals surface area (Å²) in [6.07, 6.45) is 2.33. The minimum atomic E-state index is -0.187. The monoisotopic (exact) mass is 389 g/mol. The zero-order chi connectivity index (χ0) is 20.2. The van der Waals surface area contributed by atoms with E-state index in [1.165, 1.54) is 0 Å². The molecule has 0 saturated carbocycles. The predicted octanol–water partition coefficient (Wildman–Crippen LogP) is 3.28. The number of benzene rings is 2. The quantitative estimate of drug-likeness (QED) is 0.679. The molecule has 2 aromatic carbocycles. The van der Waals surface area contributed by atoms with Crippen LogP contribution >= 0.6 is 0 Å². The molecule has 2 N–H and O–H groups in total. The van der Waals surface area contributed by atoms with E-state index in [1.807, 2.05) is 54.1 Å². The third kappa shape index (κ3) is 3.99. The van der Waals surface area contributed by atoms with Crippen LogP contribution in [0.2, 0.25) is 0 Å². The number of rotatable bonds is 6. The van der Waals surface area contributed by atoms with Gasteiger partial charge in [-0.15, -0.1) is 0 Å². The van der Waals surface area contributed by atoms with Gasteiger partial charge in [0.1, 0.15) is 0 Å². The van der Waals surface area contributed by atoms with Gasteiger partial charge in [-0.3, -0.25) is 14.4 Å². The van der Waals surface area contributed by atoms with E-state index in [9.17, 15) is 9.59 Å². The van der Waals surface area contributed by atoms with Crippen LogP contribution in [0, 0.1) is 0 Å². The van der Waals surface area contributed by atoms with Gasteiger partial charge in [0, 0.05) is 24.5 Å². The Hall–Kier alpha value is -3.61. The first-order valence-corrected chi connectivity index (χ1v) is 9.71. The van der Waals surface area contributed by atoms with Crippen molar-refractivity contribution in [2.24, 2.45) is 0 Å². The fraction of sp³-hybridized carbons (Fsp3) is 0.227. The summed E-state index contributed by atoms with van der Waals surface area (Å²) in [5, 5.41) is 10.1. The van der Waals surface area contributed by atoms with Crippen molar-refractivity contribution < 1.29 is 9.59 Å². The molecule has 7 heteroatoms. The molecule has 1 fully saturated rings. The molecule has 0 atom stereocenters. The zero-order valence-electron chi connectivity index (χ0n) is 16.3. The summed E-state index contributed by atoms with van der Waals surface area (Å²) >= 11 is 0. The number of urea groups is 1. The molecule has 4 rings (SSSR count). The van der Waals surface area contributed by atoms with E-state index in [2.05, 4.69) is 15.7 Å². The molecule has 0 bridgehead atoms. The van der Waals surface area contributed by atoms with Crippen molar-refractivity contribution >= 4 is 23.3 Å². The molecule has 1 aromatic heterocycles. The molecule has 1 aliphatic rings. The van der Waals surface area contributed by atoms with Crippen molar-refractivity contribution in [2.75, 3.05) is 23.3 Å². The zero-order valence-corrected chi connectivity index (χ0v) is 16.3. The number of amides is 3. The highest BCUT2D eigenvalue weighted by Crippen LogP contribution is 2.21. The predicted molar refractivity (Wildman–Crippen MR) is 112 cm³/mol. The molecular formula is C22H23N5O2. The summed E-state index contributed by atoms with van der Waals surface area (Å²) in [5.41, 5.74) is 4.10. The van der Waals surface area contributed by atoms with Gasteiger partial charge in [-0.25, -0.2) is 4.79 Å². The molecule has 7 nitrogen and oxygen atoms in total. The van der Waals surface area contributed by atoms with E-state index < -0.39 is 0 Å². The van der Waals surface area contributed by atoms with Gasteiger partial charge in [0.2, 0.25) is 0 Å². The van der Waals surface area contributed by atoms with Crippen LogP contribution in [0.4, 0.5) is 16.2 Å². The van der Waals surface area contributed by atoms with Crippen LogP contribution in [0.15, 0.2) is 60.8 Å². The molecule has 3 amide bonds. The second-order valence-corrected chi connectivity index (χ2v) is 6.89. The first kappa shape index (κ1) is 18.7. The highest BCUT2D eigenvalue weighted by molar-refractivity contribution is 6.05. The Kier molecular flexibility index (Phi) is 5.29. The average molecular weight is 389 g/mol. The molecule has 1 aliphatic heterocycles. The van der Waals surface area contributed by atoms with Crippen LogP contribution in [0.3, 0.4) is 0 Å². The van der Waals surface area contributed by atoms with Crippen molar-refractivity contribution in [3.63, 3.8) is 0 Å². The van der Waals surface area contributed by atoms with Crippen molar-refractivity contribution in [3.05, 3.63) is 77.6 Å². The lowest BCUT2D eigenvalue weighted by atomic mass is 10.1. The van der Waals surface area contributed by atoms with Gasteiger partial charge in [-0.05, 0) is 36.2 Å². The summed E-state index contributed by atoms with van der Waals surface area (Å²) in [7, 11) is 0. The Morgan fingerprint density at radius 2 is 1.90 bits per heavy atom. The summed E-state index contributed by atoms with van der Waals surface area (Å²) in [6, 6.07) is 17.2. The summed E-state index contributed by atoms with van der Waals surface area (Å²) in [4.78, 5) is 26.3. The largest absolute Gasteiger partial charge is 0.336 e. The highest BCUT2D eigenvalue weighted by Gasteiger charge is 2.21. The standard InChI is InChI=1S/C22H23N5O2/c1-2-20-19(14-24-27(20)15-16-6-4-3-5-7-16)21(28)25-17-8-10-18(11-9-17)26-13-12-23-22(26)29/h3-11,14H,2,12-13,15H2,1H3,(H,23,29)(H,25,28). The van der Waals surface area contributed by atoms with Crippen LogP contribution in [0.5, 0.6) is 0 Å². The van der Waals surface area contributed by atoms with E-state index >= 15 is 0 Å². The SMILES string of the molecule is CCc1c(C(=O)Nc2ccc(N3CCNC3=O)cc2)cnn1Cc1ccccc1. The van der Waals surface area contributed by atoms with E-state index in [4.69, 9.17) is 0 Å². The van der Waals surface area contributed by atoms with E-state index in [-0.39, 0.29) is 11.9 Å². The van der Waals surface area contributed by atoms with Crippen LogP contribution in [-0.4, -0.2) is 34.8 Å². The van der Waals surface area contributed by atoms with Crippen molar-refractivity contribution in [3.8, 4) is 0 Å². The Morgan fingerprint density at radius 1 is 1.14 bits per heavy atom. The van der Waals surface area contributed by atoms with Crippen LogP contribution in [0.1, 0.15) is 28.5 Å². The maximum atomic E-state index is 12.8. The number of anilines is 2. The molecule has 0 radical (unpaired) electrons. The fourth-order valence-corrected chi connectivity index (χ4v) is 3.51. The molecular weight excluding hydrogens is 366 g/mol. The number of carbonyl (C=O) groups is 2. The second-order valence-electron chi connectivity index (χ2n) is 6.89. The second kappa shape index (κ2) is 8.18. The lowest BCUT2D eigenvalue weighted by Gasteiger charge is -2.14. The highest BCUT2D eigenvalue weighted by atomic mass is 16.2. The number of aromatic nitrogens is 2. The van der Waals surface area contributed by atoms with Gasteiger partial charge >= 0.3 is 6.03 Å². The molecule has 3 aromatic rings. The summed E-state index contributed by atoms with van der Waals surface area (Å²) < 4.78 is 1.87. The van der Waals surface area contributed by atoms with Gasteiger partial charge in [-0.2, -0.15) is 5.10 Å². The molecule has 29 heavy (non-hydrogen) atoms. The molecule has 0 spiro atoms. The minimum Gasteiger partial charge on any atom is -0.336 e. The van der Waals surface area contributed by atoms with Gasteiger partial charge in [-0.1, -0.05) is 37.3 Å². The maximum absolute atomic E-state index is 12.8. The van der Waals surface area contributed by atoms with Gasteiger partial charge in [0.05, 0.1) is 24.0 Å². The Balaban J connectivity index is 1.47. The molecule has 148 valence electrons. The lowest BCUT2D eigenvalue weighted by Crippen LogP contribution is -2.27. The van der Waals surface area contributed by atoms with Crippen molar-refractivity contribution in [1.29, 1.82) is 0 Å². The molecule has 2 heterocycles. The first-order chi connectivity index (χ1) is 14.2. The van der Waals surface area contributed by atoms with Crippen LogP contribution < -0.4 is 15.5 Å². The third-order valence-corrected chi connectivity index (χ3v) is 5.00. The fourth-order valence-electron chi connectivity index (χ4n) is 3.51. The van der Waals surface area contributed by atoms with Gasteiger partial charge < -0.3 is 10.6 Å². The topological polar surface area (TPSA) is 79.3 Å². The summed E-state index contributed by atoms with van der Waals surface area (Å²) in [6.45, 7) is 3.93. The normalized spacial score (nSPS) is 13.4. The number of nitrogens with zero attached hydrogens (tertiary/aromatic N) is 3. The number of carbonyl (C=O) groups excluding carboxylic acids is 2. The molecule has 0 unspecified atom stereocenters. The Bertz CT molecular complexity index is 1010. The number of nitrogens with one attached hydrogen (secondary N) is 2. The number of hydrogen-bond acceptors (Lipinski definition) is 3. The summed E-state index contributed by atoms with van der Waals surface area (Å²) in [5.74, 6) is -0.187. The molecule has 1 saturated heterocycles. The number of hydrogen-bond donors (Lipinski definition) is 2. The van der Waals surface area contributed by atoms with E-state index in [0.29, 0.717) is 37.3 Å². The smallest absolute Gasteiger partial charge is 0.321 e. The van der Waals surface area contributed by atoms with Crippen LogP contribution in [0.25, 0.3) is 0 Å². The first-order valence-electron chi connectivity index (χ1n) is 9.71. The van der Waals surface area contributed by atoms with Gasteiger partial charge in [0.15, 0.2) is 0 Å². The lowest BCUT2D eigenvalue weighted by molar-refractivity contribution is 0.102. The maximum Gasteiger partial charge on any atom is 0.321 e. The van der Waals surface area contributed by atoms with E-state index in [0.717, 1.165) is 16.9 Å². The third-order valence-electron chi connectivity index (χ3n) is 5.00. The minimum absolute atomic E-state index is 0.0970. The molecule has 0 aliphatic carbocycles.